The molecule has 1 aromatic rings. The fourth-order valence-electron chi connectivity index (χ4n) is 0.927. The van der Waals surface area contributed by atoms with Gasteiger partial charge in [-0.05, 0) is 12.1 Å². The van der Waals surface area contributed by atoms with Crippen LogP contribution >= 0.6 is 0 Å². The molecule has 6 heteroatoms. The molecule has 1 rings (SSSR count). The number of hydrogen-bond acceptors (Lipinski definition) is 3. The molecule has 76 valence electrons. The number of nitrogens with two attached hydrogens (primary N) is 1. The molecule has 0 fully saturated rings. The third-order valence-corrected chi connectivity index (χ3v) is 1.54. The molecule has 0 spiro atoms. The number of carbonyl (C=O) groups excluding carboxylic acids is 1. The van der Waals surface area contributed by atoms with Crippen molar-refractivity contribution in [1.82, 2.24) is 5.43 Å². The number of methoxy groups -OCH3 is 1. The summed E-state index contributed by atoms with van der Waals surface area (Å²) in [4.78, 5) is 10.8. The summed E-state index contributed by atoms with van der Waals surface area (Å²) in [5.41, 5.74) is 2.22. The first-order chi connectivity index (χ1) is 6.67. The molecule has 0 saturated heterocycles. The average molecular weight is 199 g/mol. The van der Waals surface area contributed by atoms with E-state index in [9.17, 15) is 9.18 Å². The van der Waals surface area contributed by atoms with Crippen LogP contribution in [0, 0.1) is 5.82 Å². The molecular formula is C8H10FN3O2. The van der Waals surface area contributed by atoms with Crippen molar-refractivity contribution in [3.05, 3.63) is 24.0 Å². The zero-order chi connectivity index (χ0) is 10.6. The largest absolute Gasteiger partial charge is 0.494 e. The van der Waals surface area contributed by atoms with Gasteiger partial charge in [0.1, 0.15) is 11.6 Å². The Kier molecular flexibility index (Phi) is 3.24. The van der Waals surface area contributed by atoms with Crippen molar-refractivity contribution in [1.29, 1.82) is 0 Å². The Labute approximate surface area is 80.0 Å². The Morgan fingerprint density at radius 1 is 1.57 bits per heavy atom. The number of hydrazine groups is 1. The summed E-state index contributed by atoms with van der Waals surface area (Å²) in [5.74, 6) is 4.65. The number of nitrogens with one attached hydrogen (secondary N) is 2. The molecule has 0 bridgehead atoms. The number of amides is 2. The fourth-order valence-corrected chi connectivity index (χ4v) is 0.927. The first-order valence-electron chi connectivity index (χ1n) is 3.78. The van der Waals surface area contributed by atoms with Gasteiger partial charge in [-0.1, -0.05) is 0 Å². The van der Waals surface area contributed by atoms with Gasteiger partial charge in [0.25, 0.3) is 0 Å². The van der Waals surface area contributed by atoms with E-state index >= 15 is 0 Å². The van der Waals surface area contributed by atoms with E-state index in [1.807, 2.05) is 5.43 Å². The number of hydrogen-bond donors (Lipinski definition) is 3. The van der Waals surface area contributed by atoms with Gasteiger partial charge in [0.2, 0.25) is 0 Å². The summed E-state index contributed by atoms with van der Waals surface area (Å²) in [7, 11) is 1.38. The number of carbonyl (C=O) groups is 1. The van der Waals surface area contributed by atoms with Crippen molar-refractivity contribution in [2.24, 2.45) is 5.84 Å². The van der Waals surface area contributed by atoms with Crippen LogP contribution in [0.5, 0.6) is 5.75 Å². The van der Waals surface area contributed by atoms with Crippen LogP contribution in [-0.2, 0) is 0 Å². The maximum absolute atomic E-state index is 12.7. The zero-order valence-electron chi connectivity index (χ0n) is 7.50. The van der Waals surface area contributed by atoms with E-state index in [0.717, 1.165) is 6.07 Å². The second kappa shape index (κ2) is 4.43. The second-order valence-electron chi connectivity index (χ2n) is 2.44. The third kappa shape index (κ3) is 2.33. The van der Waals surface area contributed by atoms with Gasteiger partial charge in [-0.25, -0.2) is 15.0 Å². The molecule has 2 amide bonds. The fraction of sp³-hybridized carbons (Fsp3) is 0.125. The van der Waals surface area contributed by atoms with Crippen molar-refractivity contribution in [3.8, 4) is 5.75 Å². The van der Waals surface area contributed by atoms with Gasteiger partial charge in [-0.3, -0.25) is 5.43 Å². The zero-order valence-corrected chi connectivity index (χ0v) is 7.50. The number of anilines is 1. The van der Waals surface area contributed by atoms with Crippen molar-refractivity contribution < 1.29 is 13.9 Å². The lowest BCUT2D eigenvalue weighted by atomic mass is 10.3. The highest BCUT2D eigenvalue weighted by molar-refractivity contribution is 5.90. The number of benzene rings is 1. The van der Waals surface area contributed by atoms with Gasteiger partial charge in [-0.15, -0.1) is 0 Å². The number of urea groups is 1. The van der Waals surface area contributed by atoms with E-state index < -0.39 is 11.8 Å². The summed E-state index contributed by atoms with van der Waals surface area (Å²) in [6, 6.07) is 3.14. The van der Waals surface area contributed by atoms with Crippen molar-refractivity contribution in [2.75, 3.05) is 12.4 Å². The molecule has 1 aromatic carbocycles. The molecule has 0 aliphatic carbocycles. The van der Waals surface area contributed by atoms with Crippen LogP contribution in [0.2, 0.25) is 0 Å². The van der Waals surface area contributed by atoms with E-state index in [2.05, 4.69) is 5.32 Å². The molecule has 5 nitrogen and oxygen atoms in total. The molecule has 0 aliphatic heterocycles. The van der Waals surface area contributed by atoms with Gasteiger partial charge in [-0.2, -0.15) is 0 Å². The smallest absolute Gasteiger partial charge is 0.333 e. The van der Waals surface area contributed by atoms with Gasteiger partial charge >= 0.3 is 6.03 Å². The Hall–Kier alpha value is -1.82. The van der Waals surface area contributed by atoms with Gasteiger partial charge in [0.05, 0.1) is 12.8 Å². The lowest BCUT2D eigenvalue weighted by Gasteiger charge is -2.09. The molecule has 0 radical (unpaired) electrons. The van der Waals surface area contributed by atoms with Crippen LogP contribution in [0.3, 0.4) is 0 Å². The maximum Gasteiger partial charge on any atom is 0.333 e. The Morgan fingerprint density at radius 2 is 2.29 bits per heavy atom. The van der Waals surface area contributed by atoms with Crippen molar-refractivity contribution in [2.45, 2.75) is 0 Å². The first-order valence-corrected chi connectivity index (χ1v) is 3.78. The molecule has 14 heavy (non-hydrogen) atoms. The third-order valence-electron chi connectivity index (χ3n) is 1.54. The normalized spacial score (nSPS) is 9.36. The Morgan fingerprint density at radius 3 is 2.86 bits per heavy atom. The highest BCUT2D eigenvalue weighted by Gasteiger charge is 2.06. The Bertz CT molecular complexity index is 343. The quantitative estimate of drug-likeness (QED) is 0.375. The SMILES string of the molecule is COc1cc(F)ccc1NC(=O)NN. The monoisotopic (exact) mass is 199 g/mol. The molecule has 0 unspecified atom stereocenters. The lowest BCUT2D eigenvalue weighted by molar-refractivity contribution is 0.252. The predicted octanol–water partition coefficient (Wildman–Crippen LogP) is 0.829. The van der Waals surface area contributed by atoms with E-state index in [0.29, 0.717) is 5.69 Å². The van der Waals surface area contributed by atoms with Gasteiger partial charge < -0.3 is 10.1 Å². The number of ether oxygens (including phenoxy) is 1. The molecule has 4 N–H and O–H groups in total. The average Bonchev–Trinajstić information content (AvgIpc) is 2.20. The molecule has 0 aliphatic rings. The van der Waals surface area contributed by atoms with Crippen LogP contribution in [-0.4, -0.2) is 13.1 Å². The summed E-state index contributed by atoms with van der Waals surface area (Å²) in [6.07, 6.45) is 0. The van der Waals surface area contributed by atoms with Gasteiger partial charge in [0, 0.05) is 6.07 Å². The summed E-state index contributed by atoms with van der Waals surface area (Å²) in [6.45, 7) is 0. The number of halogens is 1. The lowest BCUT2D eigenvalue weighted by Crippen LogP contribution is -2.34. The van der Waals surface area contributed by atoms with Crippen molar-refractivity contribution in [3.63, 3.8) is 0 Å². The highest BCUT2D eigenvalue weighted by atomic mass is 19.1. The molecule has 0 atom stereocenters. The predicted molar refractivity (Wildman–Crippen MR) is 49.3 cm³/mol. The highest BCUT2D eigenvalue weighted by Crippen LogP contribution is 2.24. The van der Waals surface area contributed by atoms with E-state index in [-0.39, 0.29) is 5.75 Å². The maximum atomic E-state index is 12.7. The van der Waals surface area contributed by atoms with E-state index in [1.165, 1.54) is 19.2 Å². The Balaban J connectivity index is 2.90. The topological polar surface area (TPSA) is 76.4 Å². The van der Waals surface area contributed by atoms with Crippen LogP contribution in [0.25, 0.3) is 0 Å². The minimum atomic E-state index is -0.602. The van der Waals surface area contributed by atoms with Crippen LogP contribution in [0.15, 0.2) is 18.2 Å². The first kappa shape index (κ1) is 10.3. The molecular weight excluding hydrogens is 189 g/mol. The van der Waals surface area contributed by atoms with E-state index in [1.54, 1.807) is 0 Å². The molecule has 0 heterocycles. The molecule has 0 saturated carbocycles. The van der Waals surface area contributed by atoms with Crippen molar-refractivity contribution >= 4 is 11.7 Å². The standard InChI is InChI=1S/C8H10FN3O2/c1-14-7-4-5(9)2-3-6(7)11-8(13)12-10/h2-4H,10H2,1H3,(H2,11,12,13). The summed E-state index contributed by atoms with van der Waals surface area (Å²) in [5, 5.41) is 2.37. The van der Waals surface area contributed by atoms with E-state index in [4.69, 9.17) is 10.6 Å². The summed E-state index contributed by atoms with van der Waals surface area (Å²) < 4.78 is 17.6. The van der Waals surface area contributed by atoms with Crippen LogP contribution < -0.4 is 21.3 Å². The summed E-state index contributed by atoms with van der Waals surface area (Å²) >= 11 is 0. The second-order valence-corrected chi connectivity index (χ2v) is 2.44. The minimum absolute atomic E-state index is 0.230. The number of rotatable bonds is 2. The molecule has 0 aromatic heterocycles. The minimum Gasteiger partial charge on any atom is -0.494 e. The van der Waals surface area contributed by atoms with Crippen LogP contribution in [0.1, 0.15) is 0 Å². The van der Waals surface area contributed by atoms with Crippen LogP contribution in [0.4, 0.5) is 14.9 Å². The van der Waals surface area contributed by atoms with Gasteiger partial charge in [0.15, 0.2) is 0 Å².